The molecule has 0 radical (unpaired) electrons. The van der Waals surface area contributed by atoms with Gasteiger partial charge in [0.2, 0.25) is 0 Å². The number of benzene rings is 4. The molecule has 0 saturated heterocycles. The minimum Gasteiger partial charge on any atom is -0.390 e. The quantitative estimate of drug-likeness (QED) is 0.185. The first kappa shape index (κ1) is 30.4. The molecule has 222 valence electrons. The molecule has 2 spiro atoms. The van der Waals surface area contributed by atoms with Crippen molar-refractivity contribution in [2.24, 2.45) is 5.73 Å². The van der Waals surface area contributed by atoms with Crippen LogP contribution in [0.4, 0.5) is 0 Å². The van der Waals surface area contributed by atoms with Gasteiger partial charge in [0.25, 0.3) is 0 Å². The maximum absolute atomic E-state index is 10.4. The Kier molecular flexibility index (Phi) is 7.92. The number of hydrogen-bond acceptors (Lipinski definition) is 2. The highest BCUT2D eigenvalue weighted by atomic mass is 79.9. The zero-order valence-corrected chi connectivity index (χ0v) is 30.5. The van der Waals surface area contributed by atoms with E-state index in [9.17, 15) is 5.11 Å². The monoisotopic (exact) mass is 825 g/mol. The summed E-state index contributed by atoms with van der Waals surface area (Å²) in [5, 5.41) is 10.4. The van der Waals surface area contributed by atoms with E-state index >= 15 is 0 Å². The van der Waals surface area contributed by atoms with Gasteiger partial charge in [-0.15, -0.1) is 0 Å². The molecule has 4 aromatic rings. The third-order valence-electron chi connectivity index (χ3n) is 10.6. The summed E-state index contributed by atoms with van der Waals surface area (Å²) in [5.41, 5.74) is 17.2. The fourth-order valence-corrected chi connectivity index (χ4v) is 9.75. The molecule has 6 heteroatoms. The van der Waals surface area contributed by atoms with Crippen LogP contribution < -0.4 is 5.73 Å². The summed E-state index contributed by atoms with van der Waals surface area (Å²) >= 11 is 14.6. The fourth-order valence-electron chi connectivity index (χ4n) is 8.30. The third kappa shape index (κ3) is 5.16. The van der Waals surface area contributed by atoms with E-state index in [4.69, 9.17) is 5.73 Å². The Morgan fingerprint density at radius 1 is 0.535 bits per heavy atom. The van der Waals surface area contributed by atoms with Gasteiger partial charge in [0.15, 0.2) is 0 Å². The molecule has 4 aliphatic carbocycles. The van der Waals surface area contributed by atoms with Crippen LogP contribution in [-0.4, -0.2) is 16.7 Å². The highest BCUT2D eigenvalue weighted by molar-refractivity contribution is 9.11. The van der Waals surface area contributed by atoms with Gasteiger partial charge in [-0.3, -0.25) is 0 Å². The van der Waals surface area contributed by atoms with Gasteiger partial charge in [-0.05, 0) is 151 Å². The second kappa shape index (κ2) is 11.2. The van der Waals surface area contributed by atoms with Crippen molar-refractivity contribution in [3.8, 4) is 22.3 Å². The smallest absolute Gasteiger partial charge is 0.0620 e. The van der Waals surface area contributed by atoms with E-state index in [-0.39, 0.29) is 10.8 Å². The predicted molar refractivity (Wildman–Crippen MR) is 192 cm³/mol. The van der Waals surface area contributed by atoms with Crippen molar-refractivity contribution in [3.05, 3.63) is 113 Å². The largest absolute Gasteiger partial charge is 0.390 e. The van der Waals surface area contributed by atoms with Gasteiger partial charge in [0, 0.05) is 34.8 Å². The van der Waals surface area contributed by atoms with Crippen LogP contribution >= 0.6 is 63.7 Å². The van der Waals surface area contributed by atoms with Crippen LogP contribution in [0.25, 0.3) is 22.3 Å². The van der Waals surface area contributed by atoms with Crippen LogP contribution in [0.5, 0.6) is 0 Å². The molecule has 0 bridgehead atoms. The molecule has 0 unspecified atom stereocenters. The molecule has 8 rings (SSSR count). The van der Waals surface area contributed by atoms with Crippen LogP contribution in [-0.2, 0) is 10.8 Å². The first-order valence-electron chi connectivity index (χ1n) is 15.2. The van der Waals surface area contributed by atoms with E-state index < -0.39 is 5.60 Å². The van der Waals surface area contributed by atoms with Gasteiger partial charge in [-0.25, -0.2) is 0 Å². The Labute approximate surface area is 288 Å². The van der Waals surface area contributed by atoms with Crippen LogP contribution in [0.2, 0.25) is 0 Å². The molecule has 0 heterocycles. The summed E-state index contributed by atoms with van der Waals surface area (Å²) < 4.78 is 4.61. The minimum absolute atomic E-state index is 0.0560. The molecule has 43 heavy (non-hydrogen) atoms. The lowest BCUT2D eigenvalue weighted by atomic mass is 9.64. The van der Waals surface area contributed by atoms with Gasteiger partial charge in [0.1, 0.15) is 0 Å². The van der Waals surface area contributed by atoms with E-state index in [2.05, 4.69) is 137 Å². The van der Waals surface area contributed by atoms with Gasteiger partial charge in [-0.2, -0.15) is 0 Å². The van der Waals surface area contributed by atoms with Crippen molar-refractivity contribution in [2.75, 3.05) is 0 Å². The van der Waals surface area contributed by atoms with E-state index in [0.717, 1.165) is 60.3 Å². The van der Waals surface area contributed by atoms with Crippen molar-refractivity contribution in [2.45, 2.75) is 80.8 Å². The molecular formula is C37H35Br4NO. The second-order valence-electron chi connectivity index (χ2n) is 13.3. The first-order valence-corrected chi connectivity index (χ1v) is 18.4. The number of nitrogens with two attached hydrogens (primary N) is 1. The topological polar surface area (TPSA) is 46.2 Å². The number of fused-ring (bicyclic) bond motifs is 10. The highest BCUT2D eigenvalue weighted by Crippen LogP contribution is 2.58. The maximum Gasteiger partial charge on any atom is 0.0620 e. The standard InChI is InChI=1S/C19H18Br2O.C18H17Br2N/c1-18(22)6-8-19(9-7-18)16-10-12(20)2-4-14(16)15-5-3-13(21)11-17(15)19;19-11-1-3-14-15-4-2-12(20)10-17(15)18(16(14)9-11)7-5-13(21)6-8-18/h2-5,10-11,22H,6-9H2,1H3;1-4,9-10,13H,5-8,21H2. The Morgan fingerprint density at radius 2 is 0.837 bits per heavy atom. The van der Waals surface area contributed by atoms with E-state index in [1.807, 2.05) is 6.92 Å². The van der Waals surface area contributed by atoms with Crippen molar-refractivity contribution in [3.63, 3.8) is 0 Å². The average molecular weight is 829 g/mol. The van der Waals surface area contributed by atoms with Crippen molar-refractivity contribution in [1.29, 1.82) is 0 Å². The Morgan fingerprint density at radius 3 is 1.16 bits per heavy atom. The number of halogens is 4. The molecule has 3 N–H and O–H groups in total. The number of rotatable bonds is 0. The van der Waals surface area contributed by atoms with E-state index in [1.54, 1.807) is 0 Å². The van der Waals surface area contributed by atoms with Gasteiger partial charge < -0.3 is 10.8 Å². The fraction of sp³-hybridized carbons (Fsp3) is 0.351. The lowest BCUT2D eigenvalue weighted by Crippen LogP contribution is -2.39. The summed E-state index contributed by atoms with van der Waals surface area (Å²) in [6.45, 7) is 1.97. The van der Waals surface area contributed by atoms with E-state index in [1.165, 1.54) is 53.5 Å². The summed E-state index contributed by atoms with van der Waals surface area (Å²) in [7, 11) is 0. The SMILES string of the molecule is CC1(O)CCC2(CC1)c1cc(Br)ccc1-c1ccc(Br)cc12.NC1CCC2(CC1)c1cc(Br)ccc1-c1ccc(Br)cc12. The van der Waals surface area contributed by atoms with E-state index in [0.29, 0.717) is 6.04 Å². The summed E-state index contributed by atoms with van der Waals surface area (Å²) in [6.07, 6.45) is 8.24. The molecule has 0 amide bonds. The second-order valence-corrected chi connectivity index (χ2v) is 16.9. The van der Waals surface area contributed by atoms with Crippen LogP contribution in [0.1, 0.15) is 80.5 Å². The maximum atomic E-state index is 10.4. The summed E-state index contributed by atoms with van der Waals surface area (Å²) in [6, 6.07) is 27.1. The normalized spacial score (nSPS) is 21.4. The average Bonchev–Trinajstić information content (AvgIpc) is 3.38. The molecule has 4 aliphatic rings. The molecular weight excluding hydrogens is 794 g/mol. The lowest BCUT2D eigenvalue weighted by molar-refractivity contribution is 0.00697. The number of aliphatic hydroxyl groups is 1. The van der Waals surface area contributed by atoms with Crippen LogP contribution in [0.15, 0.2) is 90.7 Å². The third-order valence-corrected chi connectivity index (χ3v) is 12.6. The molecule has 0 aromatic heterocycles. The Bertz CT molecular complexity index is 1620. The van der Waals surface area contributed by atoms with Crippen molar-refractivity contribution in [1.82, 2.24) is 0 Å². The molecule has 0 aliphatic heterocycles. The van der Waals surface area contributed by atoms with Gasteiger partial charge >= 0.3 is 0 Å². The highest BCUT2D eigenvalue weighted by Gasteiger charge is 2.48. The zero-order chi connectivity index (χ0) is 30.1. The Balaban J connectivity index is 0.000000140. The molecule has 2 fully saturated rings. The van der Waals surface area contributed by atoms with Crippen molar-refractivity contribution >= 4 is 63.7 Å². The first-order chi connectivity index (χ1) is 20.5. The molecule has 2 saturated carbocycles. The minimum atomic E-state index is -0.522. The molecule has 2 nitrogen and oxygen atoms in total. The summed E-state index contributed by atoms with van der Waals surface area (Å²) in [5.74, 6) is 0. The molecule has 0 atom stereocenters. The number of hydrogen-bond donors (Lipinski definition) is 2. The van der Waals surface area contributed by atoms with Gasteiger partial charge in [0.05, 0.1) is 5.60 Å². The van der Waals surface area contributed by atoms with Crippen molar-refractivity contribution < 1.29 is 5.11 Å². The Hall–Kier alpha value is -1.28. The lowest BCUT2D eigenvalue weighted by Gasteiger charge is -2.42. The van der Waals surface area contributed by atoms with Crippen LogP contribution in [0, 0.1) is 0 Å². The van der Waals surface area contributed by atoms with Crippen LogP contribution in [0.3, 0.4) is 0 Å². The zero-order valence-electron chi connectivity index (χ0n) is 24.2. The summed E-state index contributed by atoms with van der Waals surface area (Å²) in [4.78, 5) is 0. The van der Waals surface area contributed by atoms with Gasteiger partial charge in [-0.1, -0.05) is 88.0 Å². The molecule has 4 aromatic carbocycles. The predicted octanol–water partition coefficient (Wildman–Crippen LogP) is 11.2.